The Labute approximate surface area is 115 Å². The lowest BCUT2D eigenvalue weighted by Gasteiger charge is -2.27. The van der Waals surface area contributed by atoms with E-state index in [9.17, 15) is 10.1 Å². The number of nitrogens with zero attached hydrogens (tertiary/aromatic N) is 3. The van der Waals surface area contributed by atoms with Crippen molar-refractivity contribution in [3.63, 3.8) is 0 Å². The summed E-state index contributed by atoms with van der Waals surface area (Å²) in [6, 6.07) is 4.53. The van der Waals surface area contributed by atoms with Gasteiger partial charge < -0.3 is 5.21 Å². The Hall–Kier alpha value is -1.66. The Morgan fingerprint density at radius 2 is 2.11 bits per heavy atom. The largest absolute Gasteiger partial charge is 0.411 e. The lowest BCUT2D eigenvalue weighted by Crippen LogP contribution is -2.33. The maximum atomic E-state index is 10.6. The van der Waals surface area contributed by atoms with Crippen molar-refractivity contribution in [3.05, 3.63) is 38.9 Å². The number of rotatable bonds is 3. The SMILES string of the molecule is O=[N+]([O-])c1ccc(CN2CCC(=NO)CC2)c(Cl)c1. The molecule has 1 fully saturated rings. The third-order valence-electron chi connectivity index (χ3n) is 3.22. The minimum atomic E-state index is -0.458. The first kappa shape index (κ1) is 13.8. The summed E-state index contributed by atoms with van der Waals surface area (Å²) in [5.74, 6) is 0. The molecule has 19 heavy (non-hydrogen) atoms. The van der Waals surface area contributed by atoms with Gasteiger partial charge in [-0.05, 0) is 11.6 Å². The number of nitro benzene ring substituents is 1. The number of hydrogen-bond donors (Lipinski definition) is 1. The number of non-ortho nitro benzene ring substituents is 1. The molecule has 0 spiro atoms. The van der Waals surface area contributed by atoms with Crippen molar-refractivity contribution >= 4 is 23.0 Å². The number of hydrogen-bond acceptors (Lipinski definition) is 5. The van der Waals surface area contributed by atoms with Crippen LogP contribution in [0.2, 0.25) is 5.02 Å². The molecule has 1 N–H and O–H groups in total. The average molecular weight is 284 g/mol. The molecule has 1 aromatic carbocycles. The van der Waals surface area contributed by atoms with Gasteiger partial charge in [-0.25, -0.2) is 0 Å². The predicted molar refractivity (Wildman–Crippen MR) is 71.8 cm³/mol. The van der Waals surface area contributed by atoms with Gasteiger partial charge in [-0.3, -0.25) is 15.0 Å². The molecule has 0 unspecified atom stereocenters. The Morgan fingerprint density at radius 3 is 2.63 bits per heavy atom. The highest BCUT2D eigenvalue weighted by Crippen LogP contribution is 2.24. The highest BCUT2D eigenvalue weighted by molar-refractivity contribution is 6.31. The highest BCUT2D eigenvalue weighted by atomic mass is 35.5. The van der Waals surface area contributed by atoms with Crippen molar-refractivity contribution in [2.24, 2.45) is 5.16 Å². The lowest BCUT2D eigenvalue weighted by atomic mass is 10.1. The minimum Gasteiger partial charge on any atom is -0.411 e. The van der Waals surface area contributed by atoms with E-state index in [4.69, 9.17) is 16.8 Å². The van der Waals surface area contributed by atoms with Crippen LogP contribution in [0.4, 0.5) is 5.69 Å². The zero-order valence-electron chi connectivity index (χ0n) is 10.3. The average Bonchev–Trinajstić information content (AvgIpc) is 2.41. The van der Waals surface area contributed by atoms with E-state index in [2.05, 4.69) is 10.1 Å². The van der Waals surface area contributed by atoms with E-state index in [0.29, 0.717) is 11.6 Å². The fourth-order valence-electron chi connectivity index (χ4n) is 2.09. The molecule has 6 nitrogen and oxygen atoms in total. The molecule has 0 aliphatic carbocycles. The molecule has 1 aromatic rings. The standard InChI is InChI=1S/C12H14ClN3O3/c13-12-7-11(16(18)19)2-1-9(12)8-15-5-3-10(14-17)4-6-15/h1-2,7,17H,3-6,8H2. The molecule has 1 heterocycles. The van der Waals surface area contributed by atoms with Gasteiger partial charge in [-0.2, -0.15) is 0 Å². The van der Waals surface area contributed by atoms with Gasteiger partial charge in [0, 0.05) is 44.6 Å². The van der Waals surface area contributed by atoms with Gasteiger partial charge in [0.15, 0.2) is 0 Å². The number of halogens is 1. The molecular weight excluding hydrogens is 270 g/mol. The number of oxime groups is 1. The maximum absolute atomic E-state index is 10.6. The van der Waals surface area contributed by atoms with E-state index in [1.807, 2.05) is 0 Å². The molecule has 0 bridgehead atoms. The molecular formula is C12H14ClN3O3. The molecule has 0 aromatic heterocycles. The van der Waals surface area contributed by atoms with Crippen LogP contribution in [0.25, 0.3) is 0 Å². The smallest absolute Gasteiger partial charge is 0.270 e. The first-order chi connectivity index (χ1) is 9.10. The summed E-state index contributed by atoms with van der Waals surface area (Å²) >= 11 is 6.05. The molecule has 0 saturated carbocycles. The van der Waals surface area contributed by atoms with Gasteiger partial charge in [0.25, 0.3) is 5.69 Å². The van der Waals surface area contributed by atoms with E-state index < -0.39 is 4.92 Å². The zero-order chi connectivity index (χ0) is 13.8. The van der Waals surface area contributed by atoms with E-state index in [1.165, 1.54) is 12.1 Å². The number of benzene rings is 1. The second-order valence-electron chi connectivity index (χ2n) is 4.48. The molecule has 0 radical (unpaired) electrons. The van der Waals surface area contributed by atoms with E-state index >= 15 is 0 Å². The van der Waals surface area contributed by atoms with Crippen LogP contribution in [0.15, 0.2) is 23.4 Å². The minimum absolute atomic E-state index is 0.00194. The molecule has 0 amide bonds. The Kier molecular flexibility index (Phi) is 4.34. The van der Waals surface area contributed by atoms with Gasteiger partial charge in [0.1, 0.15) is 0 Å². The van der Waals surface area contributed by atoms with Crippen LogP contribution >= 0.6 is 11.6 Å². The van der Waals surface area contributed by atoms with Gasteiger partial charge >= 0.3 is 0 Å². The van der Waals surface area contributed by atoms with Crippen LogP contribution in [-0.2, 0) is 6.54 Å². The fourth-order valence-corrected chi connectivity index (χ4v) is 2.32. The van der Waals surface area contributed by atoms with E-state index in [-0.39, 0.29) is 5.69 Å². The number of nitro groups is 1. The molecule has 2 rings (SSSR count). The molecule has 0 atom stereocenters. The molecule has 102 valence electrons. The topological polar surface area (TPSA) is 79.0 Å². The third kappa shape index (κ3) is 3.42. The summed E-state index contributed by atoms with van der Waals surface area (Å²) in [6.07, 6.45) is 1.47. The molecule has 1 aliphatic heterocycles. The third-order valence-corrected chi connectivity index (χ3v) is 3.57. The molecule has 7 heteroatoms. The molecule has 1 aliphatic rings. The van der Waals surface area contributed by atoms with Crippen molar-refractivity contribution in [2.75, 3.05) is 13.1 Å². The van der Waals surface area contributed by atoms with Crippen molar-refractivity contribution in [3.8, 4) is 0 Å². The summed E-state index contributed by atoms with van der Waals surface area (Å²) in [5.41, 5.74) is 1.68. The second kappa shape index (κ2) is 5.99. The first-order valence-corrected chi connectivity index (χ1v) is 6.33. The fraction of sp³-hybridized carbons (Fsp3) is 0.417. The number of piperidine rings is 1. The maximum Gasteiger partial charge on any atom is 0.270 e. The van der Waals surface area contributed by atoms with Crippen LogP contribution < -0.4 is 0 Å². The Bertz CT molecular complexity index is 509. The van der Waals surface area contributed by atoms with Crippen molar-refractivity contribution < 1.29 is 10.1 Å². The first-order valence-electron chi connectivity index (χ1n) is 5.95. The van der Waals surface area contributed by atoms with Gasteiger partial charge in [0.2, 0.25) is 0 Å². The summed E-state index contributed by atoms with van der Waals surface area (Å²) in [5, 5.41) is 22.9. The Balaban J connectivity index is 2.02. The summed E-state index contributed by atoms with van der Waals surface area (Å²) in [6.45, 7) is 2.24. The quantitative estimate of drug-likeness (QED) is 0.525. The highest BCUT2D eigenvalue weighted by Gasteiger charge is 2.17. The van der Waals surface area contributed by atoms with E-state index in [1.54, 1.807) is 6.07 Å². The van der Waals surface area contributed by atoms with Crippen molar-refractivity contribution in [1.29, 1.82) is 0 Å². The normalized spacial score (nSPS) is 16.4. The van der Waals surface area contributed by atoms with Crippen LogP contribution in [0.5, 0.6) is 0 Å². The van der Waals surface area contributed by atoms with Crippen molar-refractivity contribution in [2.45, 2.75) is 19.4 Å². The lowest BCUT2D eigenvalue weighted by molar-refractivity contribution is -0.384. The van der Waals surface area contributed by atoms with Crippen LogP contribution in [0.3, 0.4) is 0 Å². The van der Waals surface area contributed by atoms with Crippen molar-refractivity contribution in [1.82, 2.24) is 4.90 Å². The van der Waals surface area contributed by atoms with Crippen LogP contribution in [0.1, 0.15) is 18.4 Å². The van der Waals surface area contributed by atoms with Crippen LogP contribution in [-0.4, -0.2) is 33.8 Å². The second-order valence-corrected chi connectivity index (χ2v) is 4.88. The van der Waals surface area contributed by atoms with E-state index in [0.717, 1.165) is 37.2 Å². The van der Waals surface area contributed by atoms with Crippen LogP contribution in [0, 0.1) is 10.1 Å². The monoisotopic (exact) mass is 283 g/mol. The zero-order valence-corrected chi connectivity index (χ0v) is 11.0. The summed E-state index contributed by atoms with van der Waals surface area (Å²) in [4.78, 5) is 12.3. The molecule has 1 saturated heterocycles. The Morgan fingerprint density at radius 1 is 1.42 bits per heavy atom. The number of likely N-dealkylation sites (tertiary alicyclic amines) is 1. The van der Waals surface area contributed by atoms with Gasteiger partial charge in [0.05, 0.1) is 15.7 Å². The predicted octanol–water partition coefficient (Wildman–Crippen LogP) is 2.67. The summed E-state index contributed by atoms with van der Waals surface area (Å²) < 4.78 is 0. The van der Waals surface area contributed by atoms with Gasteiger partial charge in [-0.15, -0.1) is 0 Å². The summed E-state index contributed by atoms with van der Waals surface area (Å²) in [7, 11) is 0. The van der Waals surface area contributed by atoms with Gasteiger partial charge in [-0.1, -0.05) is 16.8 Å².